The Hall–Kier alpha value is -0.340. The number of rotatable bonds is 3. The van der Waals surface area contributed by atoms with E-state index in [1.165, 1.54) is 25.7 Å². The van der Waals surface area contributed by atoms with Gasteiger partial charge < -0.3 is 10.1 Å². The Kier molecular flexibility index (Phi) is 2.14. The molecule has 0 heterocycles. The maximum absolute atomic E-state index is 5.29. The zero-order valence-electron chi connectivity index (χ0n) is 8.78. The summed E-state index contributed by atoms with van der Waals surface area (Å²) >= 11 is 0. The smallest absolute Gasteiger partial charge is 0.0601 e. The molecule has 2 saturated carbocycles. The second-order valence-electron chi connectivity index (χ2n) is 5.08. The Bertz CT molecular complexity index is 245. The lowest BCUT2D eigenvalue weighted by molar-refractivity contribution is 0.0133. The predicted octanol–water partition coefficient (Wildman–Crippen LogP) is 1.72. The average molecular weight is 193 g/mol. The van der Waals surface area contributed by atoms with Gasteiger partial charge in [-0.3, -0.25) is 0 Å². The molecule has 2 fully saturated rings. The molecular formula is C12H19NO. The summed E-state index contributed by atoms with van der Waals surface area (Å²) in [7, 11) is 1.82. The minimum absolute atomic E-state index is 0.529. The molecular weight excluding hydrogens is 174 g/mol. The molecule has 0 saturated heterocycles. The number of ether oxygens (including phenoxy) is 1. The Morgan fingerprint density at radius 2 is 2.00 bits per heavy atom. The highest BCUT2D eigenvalue weighted by Gasteiger charge is 2.39. The highest BCUT2D eigenvalue weighted by Crippen LogP contribution is 2.40. The number of allylic oxidation sites excluding steroid dienone is 1. The minimum atomic E-state index is 0.529. The lowest BCUT2D eigenvalue weighted by atomic mass is 9.87. The van der Waals surface area contributed by atoms with Gasteiger partial charge in [-0.15, -0.1) is 0 Å². The van der Waals surface area contributed by atoms with E-state index >= 15 is 0 Å². The molecule has 3 aliphatic carbocycles. The van der Waals surface area contributed by atoms with Crippen molar-refractivity contribution in [3.8, 4) is 0 Å². The molecule has 2 bridgehead atoms. The molecule has 0 amide bonds. The molecule has 3 aliphatic rings. The first-order chi connectivity index (χ1) is 6.85. The van der Waals surface area contributed by atoms with Crippen LogP contribution in [0.4, 0.5) is 0 Å². The van der Waals surface area contributed by atoms with E-state index in [2.05, 4.69) is 17.5 Å². The molecule has 2 heteroatoms. The highest BCUT2D eigenvalue weighted by atomic mass is 16.5. The van der Waals surface area contributed by atoms with Crippen LogP contribution in [0.2, 0.25) is 0 Å². The molecule has 0 radical (unpaired) electrons. The molecule has 0 aromatic carbocycles. The van der Waals surface area contributed by atoms with E-state index in [-0.39, 0.29) is 0 Å². The highest BCUT2D eigenvalue weighted by molar-refractivity contribution is 5.13. The van der Waals surface area contributed by atoms with Crippen molar-refractivity contribution in [3.63, 3.8) is 0 Å². The van der Waals surface area contributed by atoms with Crippen LogP contribution in [-0.4, -0.2) is 25.3 Å². The van der Waals surface area contributed by atoms with Crippen molar-refractivity contribution < 1.29 is 4.74 Å². The largest absolute Gasteiger partial charge is 0.381 e. The van der Waals surface area contributed by atoms with E-state index in [1.807, 2.05) is 7.11 Å². The zero-order valence-corrected chi connectivity index (χ0v) is 8.78. The van der Waals surface area contributed by atoms with Crippen LogP contribution in [0, 0.1) is 11.8 Å². The lowest BCUT2D eigenvalue weighted by Gasteiger charge is -2.38. The van der Waals surface area contributed by atoms with Crippen LogP contribution in [0.3, 0.4) is 0 Å². The summed E-state index contributed by atoms with van der Waals surface area (Å²) in [6, 6.07) is 1.51. The number of methoxy groups -OCH3 is 1. The van der Waals surface area contributed by atoms with E-state index in [4.69, 9.17) is 4.74 Å². The minimum Gasteiger partial charge on any atom is -0.381 e. The Morgan fingerprint density at radius 3 is 2.57 bits per heavy atom. The summed E-state index contributed by atoms with van der Waals surface area (Å²) in [5.74, 6) is 1.72. The first-order valence-electron chi connectivity index (χ1n) is 5.82. The van der Waals surface area contributed by atoms with Crippen LogP contribution in [0.5, 0.6) is 0 Å². The number of fused-ring (bicyclic) bond motifs is 2. The number of nitrogens with one attached hydrogen (secondary N) is 1. The van der Waals surface area contributed by atoms with Gasteiger partial charge in [-0.2, -0.15) is 0 Å². The summed E-state index contributed by atoms with van der Waals surface area (Å²) < 4.78 is 5.29. The van der Waals surface area contributed by atoms with Crippen LogP contribution >= 0.6 is 0 Å². The molecule has 0 spiro atoms. The second-order valence-corrected chi connectivity index (χ2v) is 5.08. The first-order valence-corrected chi connectivity index (χ1v) is 5.82. The van der Waals surface area contributed by atoms with Gasteiger partial charge in [0.1, 0.15) is 0 Å². The van der Waals surface area contributed by atoms with Crippen LogP contribution in [0.25, 0.3) is 0 Å². The Balaban J connectivity index is 1.48. The Labute approximate surface area is 85.7 Å². The fraction of sp³-hybridized carbons (Fsp3) is 0.833. The maximum Gasteiger partial charge on any atom is 0.0601 e. The van der Waals surface area contributed by atoms with Gasteiger partial charge in [0.2, 0.25) is 0 Å². The first kappa shape index (κ1) is 8.93. The summed E-state index contributed by atoms with van der Waals surface area (Å²) in [5, 5.41) is 3.78. The molecule has 3 atom stereocenters. The van der Waals surface area contributed by atoms with E-state index in [1.54, 1.807) is 0 Å². The molecule has 14 heavy (non-hydrogen) atoms. The van der Waals surface area contributed by atoms with Gasteiger partial charge in [0.05, 0.1) is 6.10 Å². The van der Waals surface area contributed by atoms with Crippen LogP contribution in [0.1, 0.15) is 25.7 Å². The molecule has 0 aliphatic heterocycles. The van der Waals surface area contributed by atoms with Crippen molar-refractivity contribution in [2.45, 2.75) is 43.9 Å². The lowest BCUT2D eigenvalue weighted by Crippen LogP contribution is -2.50. The van der Waals surface area contributed by atoms with Gasteiger partial charge in [-0.25, -0.2) is 0 Å². The SMILES string of the molecule is COC1CC(NC2CC3C=CC2C3)C1. The number of hydrogen-bond acceptors (Lipinski definition) is 2. The van der Waals surface area contributed by atoms with Gasteiger partial charge in [0, 0.05) is 19.2 Å². The van der Waals surface area contributed by atoms with Gasteiger partial charge >= 0.3 is 0 Å². The van der Waals surface area contributed by atoms with Crippen molar-refractivity contribution in [2.75, 3.05) is 7.11 Å². The third-order valence-corrected chi connectivity index (χ3v) is 4.16. The van der Waals surface area contributed by atoms with Crippen LogP contribution in [-0.2, 0) is 4.74 Å². The quantitative estimate of drug-likeness (QED) is 0.689. The topological polar surface area (TPSA) is 21.3 Å². The molecule has 3 rings (SSSR count). The van der Waals surface area contributed by atoms with Gasteiger partial charge in [-0.1, -0.05) is 12.2 Å². The zero-order chi connectivity index (χ0) is 9.54. The van der Waals surface area contributed by atoms with E-state index in [9.17, 15) is 0 Å². The molecule has 1 N–H and O–H groups in total. The standard InChI is InChI=1S/C12H19NO/c1-14-11-6-10(7-11)13-12-5-8-2-3-9(12)4-8/h2-3,8-13H,4-7H2,1H3. The molecule has 0 aromatic rings. The maximum atomic E-state index is 5.29. The molecule has 3 unspecified atom stereocenters. The summed E-state index contributed by atoms with van der Waals surface area (Å²) in [6.45, 7) is 0. The van der Waals surface area contributed by atoms with Crippen molar-refractivity contribution in [1.82, 2.24) is 5.32 Å². The fourth-order valence-corrected chi connectivity index (χ4v) is 3.17. The predicted molar refractivity (Wildman–Crippen MR) is 56.1 cm³/mol. The van der Waals surface area contributed by atoms with Gasteiger partial charge in [0.25, 0.3) is 0 Å². The van der Waals surface area contributed by atoms with Crippen molar-refractivity contribution in [3.05, 3.63) is 12.2 Å². The monoisotopic (exact) mass is 193 g/mol. The van der Waals surface area contributed by atoms with E-state index in [0.29, 0.717) is 6.10 Å². The summed E-state index contributed by atoms with van der Waals surface area (Å²) in [4.78, 5) is 0. The third kappa shape index (κ3) is 1.41. The van der Waals surface area contributed by atoms with Gasteiger partial charge in [0.15, 0.2) is 0 Å². The number of hydrogen-bond donors (Lipinski definition) is 1. The van der Waals surface area contributed by atoms with E-state index in [0.717, 1.165) is 23.9 Å². The van der Waals surface area contributed by atoms with Crippen molar-refractivity contribution in [2.24, 2.45) is 11.8 Å². The second kappa shape index (κ2) is 3.35. The van der Waals surface area contributed by atoms with Crippen LogP contribution < -0.4 is 5.32 Å². The molecule has 2 nitrogen and oxygen atoms in total. The summed E-state index contributed by atoms with van der Waals surface area (Å²) in [6.07, 6.45) is 10.6. The Morgan fingerprint density at radius 1 is 1.14 bits per heavy atom. The van der Waals surface area contributed by atoms with E-state index < -0.39 is 0 Å². The van der Waals surface area contributed by atoms with Gasteiger partial charge in [-0.05, 0) is 37.5 Å². The molecule has 78 valence electrons. The normalized spacial score (nSPS) is 49.6. The summed E-state index contributed by atoms with van der Waals surface area (Å²) in [5.41, 5.74) is 0. The fourth-order valence-electron chi connectivity index (χ4n) is 3.17. The average Bonchev–Trinajstić information content (AvgIpc) is 2.71. The molecule has 0 aromatic heterocycles. The van der Waals surface area contributed by atoms with Crippen molar-refractivity contribution >= 4 is 0 Å². The third-order valence-electron chi connectivity index (χ3n) is 4.16. The van der Waals surface area contributed by atoms with Crippen LogP contribution in [0.15, 0.2) is 12.2 Å². The van der Waals surface area contributed by atoms with Crippen molar-refractivity contribution in [1.29, 1.82) is 0 Å².